The molecule has 26 heavy (non-hydrogen) atoms. The summed E-state index contributed by atoms with van der Waals surface area (Å²) in [6.45, 7) is 6.76. The van der Waals surface area contributed by atoms with Gasteiger partial charge in [0.15, 0.2) is 0 Å². The maximum absolute atomic E-state index is 13.2. The van der Waals surface area contributed by atoms with Gasteiger partial charge in [-0.2, -0.15) is 13.2 Å². The molecule has 0 aliphatic carbocycles. The SMILES string of the molecule is Cc1nc(N2CCCC2)ccc1NC(=O)N1CCC(C(F)(F)F)C1(C)C. The van der Waals surface area contributed by atoms with Gasteiger partial charge in [0.25, 0.3) is 0 Å². The summed E-state index contributed by atoms with van der Waals surface area (Å²) in [5.41, 5.74) is -0.0876. The molecule has 2 aliphatic rings. The number of nitrogens with zero attached hydrogens (tertiary/aromatic N) is 3. The number of pyridine rings is 1. The normalized spacial score (nSPS) is 22.8. The number of rotatable bonds is 2. The topological polar surface area (TPSA) is 48.5 Å². The second-order valence-electron chi connectivity index (χ2n) is 7.61. The number of aryl methyl sites for hydroxylation is 1. The van der Waals surface area contributed by atoms with Gasteiger partial charge in [-0.1, -0.05) is 0 Å². The van der Waals surface area contributed by atoms with Crippen molar-refractivity contribution < 1.29 is 18.0 Å². The molecule has 144 valence electrons. The van der Waals surface area contributed by atoms with E-state index in [2.05, 4.69) is 15.2 Å². The van der Waals surface area contributed by atoms with Gasteiger partial charge in [-0.25, -0.2) is 9.78 Å². The maximum Gasteiger partial charge on any atom is 0.394 e. The number of amides is 2. The van der Waals surface area contributed by atoms with Crippen molar-refractivity contribution in [3.8, 4) is 0 Å². The van der Waals surface area contributed by atoms with Crippen molar-refractivity contribution in [2.45, 2.75) is 51.7 Å². The molecule has 8 heteroatoms. The largest absolute Gasteiger partial charge is 0.394 e. The van der Waals surface area contributed by atoms with Crippen molar-refractivity contribution in [1.29, 1.82) is 0 Å². The van der Waals surface area contributed by atoms with Crippen LogP contribution in [-0.4, -0.2) is 47.3 Å². The Bertz CT molecular complexity index is 684. The monoisotopic (exact) mass is 370 g/mol. The van der Waals surface area contributed by atoms with Crippen LogP contribution in [0.4, 0.5) is 29.5 Å². The highest BCUT2D eigenvalue weighted by Gasteiger charge is 2.56. The van der Waals surface area contributed by atoms with E-state index in [0.717, 1.165) is 31.7 Å². The van der Waals surface area contributed by atoms with Gasteiger partial charge in [-0.3, -0.25) is 0 Å². The molecule has 1 aromatic rings. The van der Waals surface area contributed by atoms with Crippen LogP contribution in [0, 0.1) is 12.8 Å². The Balaban J connectivity index is 1.72. The van der Waals surface area contributed by atoms with E-state index in [-0.39, 0.29) is 13.0 Å². The van der Waals surface area contributed by atoms with Crippen molar-refractivity contribution in [2.75, 3.05) is 29.9 Å². The lowest BCUT2D eigenvalue weighted by Gasteiger charge is -2.36. The van der Waals surface area contributed by atoms with Crippen LogP contribution in [0.15, 0.2) is 12.1 Å². The quantitative estimate of drug-likeness (QED) is 0.849. The summed E-state index contributed by atoms with van der Waals surface area (Å²) in [5.74, 6) is -0.644. The molecule has 5 nitrogen and oxygen atoms in total. The number of anilines is 2. The van der Waals surface area contributed by atoms with E-state index >= 15 is 0 Å². The number of nitrogens with one attached hydrogen (secondary N) is 1. The summed E-state index contributed by atoms with van der Waals surface area (Å²) in [6, 6.07) is 3.11. The number of hydrogen-bond acceptors (Lipinski definition) is 3. The molecule has 2 amide bonds. The van der Waals surface area contributed by atoms with E-state index in [1.807, 2.05) is 6.07 Å². The molecule has 0 radical (unpaired) electrons. The average molecular weight is 370 g/mol. The van der Waals surface area contributed by atoms with Crippen molar-refractivity contribution in [1.82, 2.24) is 9.88 Å². The second-order valence-corrected chi connectivity index (χ2v) is 7.61. The van der Waals surface area contributed by atoms with Crippen LogP contribution in [0.1, 0.15) is 38.8 Å². The van der Waals surface area contributed by atoms with Gasteiger partial charge in [-0.15, -0.1) is 0 Å². The minimum atomic E-state index is -4.31. The number of urea groups is 1. The Labute approximate surface area is 151 Å². The van der Waals surface area contributed by atoms with E-state index < -0.39 is 23.7 Å². The molecule has 2 fully saturated rings. The molecule has 1 N–H and O–H groups in total. The van der Waals surface area contributed by atoms with Gasteiger partial charge in [0.1, 0.15) is 5.82 Å². The van der Waals surface area contributed by atoms with E-state index in [0.29, 0.717) is 11.4 Å². The molecule has 1 atom stereocenters. The zero-order chi connectivity index (χ0) is 19.1. The van der Waals surface area contributed by atoms with Gasteiger partial charge in [0.2, 0.25) is 0 Å². The first-order valence-corrected chi connectivity index (χ1v) is 8.98. The summed E-state index contributed by atoms with van der Waals surface area (Å²) in [7, 11) is 0. The predicted molar refractivity (Wildman–Crippen MR) is 94.4 cm³/mol. The zero-order valence-electron chi connectivity index (χ0n) is 15.4. The fourth-order valence-corrected chi connectivity index (χ4v) is 4.00. The van der Waals surface area contributed by atoms with E-state index in [1.54, 1.807) is 13.0 Å². The van der Waals surface area contributed by atoms with Crippen LogP contribution in [0.25, 0.3) is 0 Å². The molecule has 1 unspecified atom stereocenters. The van der Waals surface area contributed by atoms with Crippen molar-refractivity contribution in [3.05, 3.63) is 17.8 Å². The minimum Gasteiger partial charge on any atom is -0.357 e. The number of halogens is 3. The average Bonchev–Trinajstić information content (AvgIpc) is 3.15. The first kappa shape index (κ1) is 18.8. The summed E-state index contributed by atoms with van der Waals surface area (Å²) in [5, 5.41) is 2.74. The number of carbonyl (C=O) groups is 1. The molecule has 0 saturated carbocycles. The molecular weight excluding hydrogens is 345 g/mol. The molecule has 1 aromatic heterocycles. The van der Waals surface area contributed by atoms with Crippen molar-refractivity contribution >= 4 is 17.5 Å². The first-order chi connectivity index (χ1) is 12.1. The molecule has 2 saturated heterocycles. The fraction of sp³-hybridized carbons (Fsp3) is 0.667. The van der Waals surface area contributed by atoms with Crippen LogP contribution in [0.5, 0.6) is 0 Å². The summed E-state index contributed by atoms with van der Waals surface area (Å²) >= 11 is 0. The molecule has 0 bridgehead atoms. The molecule has 3 rings (SSSR count). The van der Waals surface area contributed by atoms with Crippen molar-refractivity contribution in [3.63, 3.8) is 0 Å². The molecular formula is C18H25F3N4O. The van der Waals surface area contributed by atoms with Crippen molar-refractivity contribution in [2.24, 2.45) is 5.92 Å². The van der Waals surface area contributed by atoms with E-state index in [4.69, 9.17) is 0 Å². The smallest absolute Gasteiger partial charge is 0.357 e. The number of alkyl halides is 3. The first-order valence-electron chi connectivity index (χ1n) is 8.98. The minimum absolute atomic E-state index is 0.0744. The van der Waals surface area contributed by atoms with Gasteiger partial charge in [0, 0.05) is 19.6 Å². The maximum atomic E-state index is 13.2. The van der Waals surface area contributed by atoms with Crippen LogP contribution in [0.2, 0.25) is 0 Å². The number of likely N-dealkylation sites (tertiary alicyclic amines) is 1. The van der Waals surface area contributed by atoms with Gasteiger partial charge < -0.3 is 15.1 Å². The third-order valence-corrected chi connectivity index (χ3v) is 5.57. The Hall–Kier alpha value is -1.99. The van der Waals surface area contributed by atoms with Crippen LogP contribution in [-0.2, 0) is 0 Å². The van der Waals surface area contributed by atoms with Gasteiger partial charge in [-0.05, 0) is 52.2 Å². The standard InChI is InChI=1S/C18H25F3N4O/c1-12-13(6-7-15(22-12)24-9-4-5-10-24)23-16(26)25-11-8-14(17(25,2)3)18(19,20)21/h6-7,14H,4-5,8-11H2,1-3H3,(H,23,26). The number of aromatic nitrogens is 1. The fourth-order valence-electron chi connectivity index (χ4n) is 4.00. The van der Waals surface area contributed by atoms with Crippen LogP contribution >= 0.6 is 0 Å². The molecule has 0 spiro atoms. The lowest BCUT2D eigenvalue weighted by molar-refractivity contribution is -0.189. The Morgan fingerprint density at radius 1 is 1.23 bits per heavy atom. The van der Waals surface area contributed by atoms with Crippen LogP contribution in [0.3, 0.4) is 0 Å². The summed E-state index contributed by atoms with van der Waals surface area (Å²) < 4.78 is 39.6. The lowest BCUT2D eigenvalue weighted by atomic mass is 9.88. The molecule has 3 heterocycles. The highest BCUT2D eigenvalue weighted by atomic mass is 19.4. The van der Waals surface area contributed by atoms with Gasteiger partial charge in [0.05, 0.1) is 22.8 Å². The summed E-state index contributed by atoms with van der Waals surface area (Å²) in [4.78, 5) is 20.6. The highest BCUT2D eigenvalue weighted by molar-refractivity contribution is 5.90. The zero-order valence-corrected chi connectivity index (χ0v) is 15.4. The van der Waals surface area contributed by atoms with Gasteiger partial charge >= 0.3 is 12.2 Å². The van der Waals surface area contributed by atoms with E-state index in [9.17, 15) is 18.0 Å². The Morgan fingerprint density at radius 3 is 2.42 bits per heavy atom. The third-order valence-electron chi connectivity index (χ3n) is 5.57. The lowest BCUT2D eigenvalue weighted by Crippen LogP contribution is -2.51. The molecule has 0 aromatic carbocycles. The van der Waals surface area contributed by atoms with E-state index in [1.165, 1.54) is 18.7 Å². The Morgan fingerprint density at radius 2 is 1.88 bits per heavy atom. The summed E-state index contributed by atoms with van der Waals surface area (Å²) in [6.07, 6.45) is -2.10. The number of carbonyl (C=O) groups excluding carboxylic acids is 1. The predicted octanol–water partition coefficient (Wildman–Crippen LogP) is 4.18. The highest BCUT2D eigenvalue weighted by Crippen LogP contribution is 2.44. The third kappa shape index (κ3) is 3.46. The Kier molecular flexibility index (Phi) is 4.79. The second kappa shape index (κ2) is 6.63. The van der Waals surface area contributed by atoms with Crippen LogP contribution < -0.4 is 10.2 Å². The molecule has 2 aliphatic heterocycles. The number of hydrogen-bond donors (Lipinski definition) is 1.